The quantitative estimate of drug-likeness (QED) is 0.396. The molecule has 1 unspecified atom stereocenters. The number of aryl methyl sites for hydroxylation is 1. The van der Waals surface area contributed by atoms with Crippen LogP contribution in [0.3, 0.4) is 0 Å². The lowest BCUT2D eigenvalue weighted by Gasteiger charge is -2.21. The number of hydrazine groups is 1. The van der Waals surface area contributed by atoms with Crippen LogP contribution in [-0.2, 0) is 4.79 Å². The van der Waals surface area contributed by atoms with Gasteiger partial charge in [0.25, 0.3) is 11.8 Å². The summed E-state index contributed by atoms with van der Waals surface area (Å²) in [6.45, 7) is 7.96. The summed E-state index contributed by atoms with van der Waals surface area (Å²) in [6.07, 6.45) is 0.476. The van der Waals surface area contributed by atoms with Crippen molar-refractivity contribution in [2.45, 2.75) is 40.2 Å². The predicted molar refractivity (Wildman–Crippen MR) is 126 cm³/mol. The van der Waals surface area contributed by atoms with Crippen LogP contribution in [0, 0.1) is 19.8 Å². The monoisotopic (exact) mass is 446 g/mol. The standard InChI is InChI=1S/C22H27ClN4O2S/c1-13(2)12-19(24-20(28)16-8-10-17(23)11-9-16)21(29)26-27-22(30)25-18-7-5-6-14(3)15(18)4/h5-11,13,19H,12H2,1-4H3,(H,24,28)(H,26,29)(H2,25,27,30). The van der Waals surface area contributed by atoms with Crippen LogP contribution in [-0.4, -0.2) is 23.0 Å². The molecule has 1 atom stereocenters. The van der Waals surface area contributed by atoms with Crippen LogP contribution >= 0.6 is 23.8 Å². The van der Waals surface area contributed by atoms with Gasteiger partial charge in [0.2, 0.25) is 0 Å². The van der Waals surface area contributed by atoms with E-state index in [-0.39, 0.29) is 22.8 Å². The highest BCUT2D eigenvalue weighted by atomic mass is 35.5. The lowest BCUT2D eigenvalue weighted by Crippen LogP contribution is -2.53. The Bertz CT molecular complexity index is 916. The number of amides is 2. The fourth-order valence-corrected chi connectivity index (χ4v) is 3.08. The van der Waals surface area contributed by atoms with E-state index in [1.807, 2.05) is 45.9 Å². The second-order valence-electron chi connectivity index (χ2n) is 7.48. The number of rotatable bonds is 6. The first kappa shape index (κ1) is 23.6. The maximum Gasteiger partial charge on any atom is 0.260 e. The molecule has 0 saturated heterocycles. The summed E-state index contributed by atoms with van der Waals surface area (Å²) >= 11 is 11.1. The molecule has 0 aliphatic heterocycles. The summed E-state index contributed by atoms with van der Waals surface area (Å²) in [7, 11) is 0. The average molecular weight is 447 g/mol. The minimum atomic E-state index is -0.718. The number of hydrogen-bond acceptors (Lipinski definition) is 3. The number of carbonyl (C=O) groups excluding carboxylic acids is 2. The Morgan fingerprint density at radius 2 is 1.70 bits per heavy atom. The van der Waals surface area contributed by atoms with Gasteiger partial charge in [-0.15, -0.1) is 0 Å². The summed E-state index contributed by atoms with van der Waals surface area (Å²) < 4.78 is 0. The van der Waals surface area contributed by atoms with Gasteiger partial charge < -0.3 is 10.6 Å². The fraction of sp³-hybridized carbons (Fsp3) is 0.318. The van der Waals surface area contributed by atoms with Crippen LogP contribution in [0.15, 0.2) is 42.5 Å². The molecular formula is C22H27ClN4O2S. The Morgan fingerprint density at radius 1 is 1.03 bits per heavy atom. The molecule has 0 bridgehead atoms. The molecule has 0 aliphatic carbocycles. The Kier molecular flexibility index (Phi) is 8.62. The van der Waals surface area contributed by atoms with Crippen LogP contribution in [0.1, 0.15) is 41.8 Å². The zero-order valence-electron chi connectivity index (χ0n) is 17.5. The molecule has 8 heteroatoms. The molecule has 0 radical (unpaired) electrons. The van der Waals surface area contributed by atoms with E-state index in [1.54, 1.807) is 24.3 Å². The van der Waals surface area contributed by atoms with Crippen molar-refractivity contribution in [1.29, 1.82) is 0 Å². The molecule has 2 aromatic carbocycles. The molecule has 2 aromatic rings. The van der Waals surface area contributed by atoms with Crippen molar-refractivity contribution < 1.29 is 9.59 Å². The highest BCUT2D eigenvalue weighted by Crippen LogP contribution is 2.17. The van der Waals surface area contributed by atoms with Crippen molar-refractivity contribution in [2.24, 2.45) is 5.92 Å². The van der Waals surface area contributed by atoms with Crippen molar-refractivity contribution in [3.63, 3.8) is 0 Å². The number of carbonyl (C=O) groups is 2. The van der Waals surface area contributed by atoms with Crippen LogP contribution in [0.2, 0.25) is 5.02 Å². The van der Waals surface area contributed by atoms with E-state index in [1.165, 1.54) is 0 Å². The molecule has 0 aliphatic rings. The molecule has 2 rings (SSSR count). The van der Waals surface area contributed by atoms with E-state index in [0.29, 0.717) is 17.0 Å². The minimum Gasteiger partial charge on any atom is -0.340 e. The van der Waals surface area contributed by atoms with Gasteiger partial charge in [-0.05, 0) is 79.9 Å². The van der Waals surface area contributed by atoms with Crippen LogP contribution in [0.5, 0.6) is 0 Å². The number of nitrogens with one attached hydrogen (secondary N) is 4. The summed E-state index contributed by atoms with van der Waals surface area (Å²) in [5, 5.41) is 6.63. The topological polar surface area (TPSA) is 82.3 Å². The van der Waals surface area contributed by atoms with Gasteiger partial charge in [0.15, 0.2) is 5.11 Å². The lowest BCUT2D eigenvalue weighted by atomic mass is 10.0. The summed E-state index contributed by atoms with van der Waals surface area (Å²) in [4.78, 5) is 25.2. The van der Waals surface area contributed by atoms with Gasteiger partial charge in [-0.1, -0.05) is 37.6 Å². The minimum absolute atomic E-state index is 0.200. The van der Waals surface area contributed by atoms with Crippen LogP contribution < -0.4 is 21.5 Å². The maximum absolute atomic E-state index is 12.7. The number of benzene rings is 2. The van der Waals surface area contributed by atoms with E-state index >= 15 is 0 Å². The van der Waals surface area contributed by atoms with Crippen molar-refractivity contribution in [1.82, 2.24) is 16.2 Å². The zero-order valence-corrected chi connectivity index (χ0v) is 19.1. The third-order valence-corrected chi connectivity index (χ3v) is 5.04. The lowest BCUT2D eigenvalue weighted by molar-refractivity contribution is -0.123. The normalized spacial score (nSPS) is 11.5. The third kappa shape index (κ3) is 7.00. The second-order valence-corrected chi connectivity index (χ2v) is 8.32. The first-order chi connectivity index (χ1) is 14.2. The highest BCUT2D eigenvalue weighted by Gasteiger charge is 2.22. The van der Waals surface area contributed by atoms with Gasteiger partial charge in [0.1, 0.15) is 6.04 Å². The molecule has 6 nitrogen and oxygen atoms in total. The smallest absolute Gasteiger partial charge is 0.260 e. The average Bonchev–Trinajstić information content (AvgIpc) is 2.69. The zero-order chi connectivity index (χ0) is 22.3. The van der Waals surface area contributed by atoms with Gasteiger partial charge in [0, 0.05) is 16.3 Å². The maximum atomic E-state index is 12.7. The fourth-order valence-electron chi connectivity index (χ4n) is 2.79. The second kappa shape index (κ2) is 10.9. The van der Waals surface area contributed by atoms with E-state index in [9.17, 15) is 9.59 Å². The first-order valence-corrected chi connectivity index (χ1v) is 10.5. The molecule has 30 heavy (non-hydrogen) atoms. The van der Waals surface area contributed by atoms with Crippen molar-refractivity contribution in [2.75, 3.05) is 5.32 Å². The summed E-state index contributed by atoms with van der Waals surface area (Å²) in [6, 6.07) is 11.6. The molecule has 2 amide bonds. The van der Waals surface area contributed by atoms with Gasteiger partial charge in [-0.25, -0.2) is 0 Å². The van der Waals surface area contributed by atoms with E-state index in [0.717, 1.165) is 16.8 Å². The van der Waals surface area contributed by atoms with Gasteiger partial charge in [0.05, 0.1) is 0 Å². The molecule has 0 saturated carbocycles. The third-order valence-electron chi connectivity index (χ3n) is 4.59. The van der Waals surface area contributed by atoms with Crippen LogP contribution in [0.25, 0.3) is 0 Å². The molecule has 0 heterocycles. The molecule has 0 aromatic heterocycles. The Labute approximate surface area is 187 Å². The first-order valence-electron chi connectivity index (χ1n) is 9.67. The van der Waals surface area contributed by atoms with Crippen molar-refractivity contribution >= 4 is 46.4 Å². The molecule has 4 N–H and O–H groups in total. The van der Waals surface area contributed by atoms with Crippen molar-refractivity contribution in [3.05, 3.63) is 64.2 Å². The number of halogens is 1. The van der Waals surface area contributed by atoms with E-state index in [2.05, 4.69) is 21.5 Å². The number of anilines is 1. The van der Waals surface area contributed by atoms with Gasteiger partial charge in [-0.2, -0.15) is 0 Å². The Morgan fingerprint density at radius 3 is 2.33 bits per heavy atom. The predicted octanol–water partition coefficient (Wildman–Crippen LogP) is 4.12. The molecular weight excluding hydrogens is 420 g/mol. The number of hydrogen-bond donors (Lipinski definition) is 4. The number of thiocarbonyl (C=S) groups is 1. The van der Waals surface area contributed by atoms with E-state index < -0.39 is 6.04 Å². The SMILES string of the molecule is Cc1cccc(NC(=S)NNC(=O)C(CC(C)C)NC(=O)c2ccc(Cl)cc2)c1C. The molecule has 0 fully saturated rings. The van der Waals surface area contributed by atoms with Crippen molar-refractivity contribution in [3.8, 4) is 0 Å². The molecule has 160 valence electrons. The van der Waals surface area contributed by atoms with Gasteiger partial charge >= 0.3 is 0 Å². The summed E-state index contributed by atoms with van der Waals surface area (Å²) in [5.74, 6) is -0.522. The highest BCUT2D eigenvalue weighted by molar-refractivity contribution is 7.80. The summed E-state index contributed by atoms with van der Waals surface area (Å²) in [5.41, 5.74) is 8.78. The Hall–Kier alpha value is -2.64. The molecule has 0 spiro atoms. The van der Waals surface area contributed by atoms with E-state index in [4.69, 9.17) is 23.8 Å². The van der Waals surface area contributed by atoms with Crippen LogP contribution in [0.4, 0.5) is 5.69 Å². The Balaban J connectivity index is 1.97. The largest absolute Gasteiger partial charge is 0.340 e. The van der Waals surface area contributed by atoms with Gasteiger partial charge in [-0.3, -0.25) is 20.4 Å².